The molecule has 6 nitrogen and oxygen atoms in total. The van der Waals surface area contributed by atoms with Crippen LogP contribution in [0.15, 0.2) is 28.9 Å². The van der Waals surface area contributed by atoms with Crippen LogP contribution in [0.2, 0.25) is 5.02 Å². The summed E-state index contributed by atoms with van der Waals surface area (Å²) in [5, 5.41) is 19.0. The van der Waals surface area contributed by atoms with Crippen LogP contribution in [0.25, 0.3) is 22.6 Å². The lowest BCUT2D eigenvalue weighted by molar-refractivity contribution is -0.0548. The average Bonchev–Trinajstić information content (AvgIpc) is 3.30. The Morgan fingerprint density at radius 3 is 2.80 bits per heavy atom. The Bertz CT molecular complexity index is 1070. The van der Waals surface area contributed by atoms with Gasteiger partial charge in [0, 0.05) is 5.69 Å². The van der Waals surface area contributed by atoms with Crippen LogP contribution in [0, 0.1) is 12.7 Å². The maximum Gasteiger partial charge on any atom is 0.176 e. The van der Waals surface area contributed by atoms with Gasteiger partial charge in [-0.3, -0.25) is 4.68 Å². The third-order valence-corrected chi connectivity index (χ3v) is 6.28. The van der Waals surface area contributed by atoms with Crippen molar-refractivity contribution in [1.82, 2.24) is 14.9 Å². The molecular weight excluding hydrogens is 409 g/mol. The summed E-state index contributed by atoms with van der Waals surface area (Å²) in [6.07, 6.45) is 5.30. The Hall–Kier alpha value is -2.22. The van der Waals surface area contributed by atoms with Gasteiger partial charge < -0.3 is 14.4 Å². The summed E-state index contributed by atoms with van der Waals surface area (Å²) >= 11 is 6.29. The summed E-state index contributed by atoms with van der Waals surface area (Å²) in [6.45, 7) is 4.04. The predicted molar refractivity (Wildman–Crippen MR) is 110 cm³/mol. The number of benzene rings is 1. The van der Waals surface area contributed by atoms with Gasteiger partial charge in [-0.1, -0.05) is 22.8 Å². The molecule has 0 radical (unpaired) electrons. The second kappa shape index (κ2) is 7.18. The molecule has 2 saturated carbocycles. The first-order chi connectivity index (χ1) is 14.3. The number of nitrogens with zero attached hydrogens (tertiary/aromatic N) is 3. The zero-order valence-corrected chi connectivity index (χ0v) is 17.6. The van der Waals surface area contributed by atoms with Gasteiger partial charge in [-0.15, -0.1) is 0 Å². The molecule has 0 bridgehead atoms. The lowest BCUT2D eigenvalue weighted by atomic mass is 9.77. The van der Waals surface area contributed by atoms with Crippen LogP contribution in [-0.4, -0.2) is 31.7 Å². The van der Waals surface area contributed by atoms with E-state index in [1.54, 1.807) is 18.3 Å². The largest absolute Gasteiger partial charge is 0.390 e. The molecule has 30 heavy (non-hydrogen) atoms. The van der Waals surface area contributed by atoms with Gasteiger partial charge in [0.05, 0.1) is 52.3 Å². The van der Waals surface area contributed by atoms with Gasteiger partial charge in [0.25, 0.3) is 0 Å². The minimum atomic E-state index is -0.645. The first-order valence-corrected chi connectivity index (χ1v) is 10.5. The third-order valence-electron chi connectivity index (χ3n) is 5.96. The zero-order chi connectivity index (χ0) is 21.0. The van der Waals surface area contributed by atoms with Crippen molar-refractivity contribution in [1.29, 1.82) is 0 Å². The quantitative estimate of drug-likeness (QED) is 0.589. The van der Waals surface area contributed by atoms with Crippen LogP contribution in [0.3, 0.4) is 0 Å². The van der Waals surface area contributed by atoms with Crippen LogP contribution >= 0.6 is 11.6 Å². The smallest absolute Gasteiger partial charge is 0.176 e. The number of halogens is 2. The van der Waals surface area contributed by atoms with Gasteiger partial charge in [-0.2, -0.15) is 5.10 Å². The number of aliphatic hydroxyl groups is 1. The van der Waals surface area contributed by atoms with Gasteiger partial charge in [-0.05, 0) is 51.7 Å². The van der Waals surface area contributed by atoms with Gasteiger partial charge in [0.1, 0.15) is 11.5 Å². The molecule has 2 fully saturated rings. The number of ether oxygens (including phenoxy) is 1. The molecule has 1 aromatic carbocycles. The van der Waals surface area contributed by atoms with Gasteiger partial charge in [-0.25, -0.2) is 4.39 Å². The molecule has 2 heterocycles. The highest BCUT2D eigenvalue weighted by Gasteiger charge is 2.41. The molecule has 2 aliphatic carbocycles. The molecule has 1 N–H and O–H groups in total. The van der Waals surface area contributed by atoms with E-state index in [9.17, 15) is 9.50 Å². The van der Waals surface area contributed by atoms with Crippen LogP contribution in [0.5, 0.6) is 0 Å². The molecule has 0 saturated heterocycles. The summed E-state index contributed by atoms with van der Waals surface area (Å²) in [5.74, 6) is 0.0546. The van der Waals surface area contributed by atoms with Crippen molar-refractivity contribution in [2.45, 2.75) is 63.9 Å². The van der Waals surface area contributed by atoms with E-state index in [0.717, 1.165) is 24.1 Å². The predicted octanol–water partition coefficient (Wildman–Crippen LogP) is 5.07. The highest BCUT2D eigenvalue weighted by atomic mass is 35.5. The minimum absolute atomic E-state index is 0.142. The van der Waals surface area contributed by atoms with Crippen molar-refractivity contribution in [3.05, 3.63) is 46.5 Å². The summed E-state index contributed by atoms with van der Waals surface area (Å²) < 4.78 is 28.2. The minimum Gasteiger partial charge on any atom is -0.390 e. The molecule has 2 aliphatic rings. The monoisotopic (exact) mass is 431 g/mol. The molecular formula is C22H23ClFN3O3. The van der Waals surface area contributed by atoms with Gasteiger partial charge >= 0.3 is 0 Å². The molecule has 0 atom stereocenters. The van der Waals surface area contributed by atoms with Crippen molar-refractivity contribution in [2.24, 2.45) is 0 Å². The summed E-state index contributed by atoms with van der Waals surface area (Å²) in [7, 11) is 0. The van der Waals surface area contributed by atoms with E-state index < -0.39 is 11.4 Å². The van der Waals surface area contributed by atoms with Crippen molar-refractivity contribution >= 4 is 11.6 Å². The lowest BCUT2D eigenvalue weighted by Crippen LogP contribution is -2.42. The van der Waals surface area contributed by atoms with E-state index in [2.05, 4.69) is 10.3 Å². The van der Waals surface area contributed by atoms with Gasteiger partial charge in [0.2, 0.25) is 0 Å². The second-order valence-corrected chi connectivity index (χ2v) is 9.00. The first kappa shape index (κ1) is 19.7. The Balaban J connectivity index is 1.56. The van der Waals surface area contributed by atoms with Crippen LogP contribution < -0.4 is 0 Å². The Kier molecular flexibility index (Phi) is 4.72. The maximum atomic E-state index is 14.6. The van der Waals surface area contributed by atoms with Crippen LogP contribution in [-0.2, 0) is 11.3 Å². The molecule has 0 aliphatic heterocycles. The number of hydrogen-bond donors (Lipinski definition) is 1. The molecule has 2 aromatic heterocycles. The van der Waals surface area contributed by atoms with Crippen LogP contribution in [0.1, 0.15) is 49.9 Å². The van der Waals surface area contributed by atoms with E-state index in [0.29, 0.717) is 29.9 Å². The van der Waals surface area contributed by atoms with E-state index in [-0.39, 0.29) is 29.3 Å². The molecule has 0 unspecified atom stereocenters. The van der Waals surface area contributed by atoms with Crippen molar-refractivity contribution < 1.29 is 18.8 Å². The van der Waals surface area contributed by atoms with Crippen LogP contribution in [0.4, 0.5) is 4.39 Å². The summed E-state index contributed by atoms with van der Waals surface area (Å²) in [4.78, 5) is 0. The molecule has 8 heteroatoms. The molecule has 5 rings (SSSR count). The molecule has 0 amide bonds. The molecule has 3 aromatic rings. The summed E-state index contributed by atoms with van der Waals surface area (Å²) in [5.41, 5.74) is 2.27. The third kappa shape index (κ3) is 3.45. The molecule has 158 valence electrons. The fourth-order valence-electron chi connectivity index (χ4n) is 4.15. The number of rotatable bonds is 6. The van der Waals surface area contributed by atoms with Crippen molar-refractivity contribution in [3.63, 3.8) is 0 Å². The maximum absolute atomic E-state index is 14.6. The van der Waals surface area contributed by atoms with Crippen molar-refractivity contribution in [2.75, 3.05) is 0 Å². The Morgan fingerprint density at radius 2 is 2.13 bits per heavy atom. The highest BCUT2D eigenvalue weighted by Crippen LogP contribution is 2.44. The highest BCUT2D eigenvalue weighted by molar-refractivity contribution is 6.33. The van der Waals surface area contributed by atoms with E-state index in [1.807, 2.05) is 18.5 Å². The standard InChI is InChI=1S/C22H23ClFN3O3/c1-12-15(10-25-27(12)13-8-22(2,28)9-13)21-16(11-29-14-6-7-14)20(26-30-21)19-17(23)4-3-5-18(19)24/h3-5,10,13-14,28H,6-9,11H2,1-2H3/t13-,22+. The Morgan fingerprint density at radius 1 is 1.37 bits per heavy atom. The van der Waals surface area contributed by atoms with Crippen molar-refractivity contribution in [3.8, 4) is 22.6 Å². The zero-order valence-electron chi connectivity index (χ0n) is 16.9. The molecule has 0 spiro atoms. The summed E-state index contributed by atoms with van der Waals surface area (Å²) in [6, 6.07) is 4.69. The fraction of sp³-hybridized carbons (Fsp3) is 0.455. The topological polar surface area (TPSA) is 73.3 Å². The van der Waals surface area contributed by atoms with Gasteiger partial charge in [0.15, 0.2) is 5.76 Å². The van der Waals surface area contributed by atoms with E-state index in [4.69, 9.17) is 20.9 Å². The fourth-order valence-corrected chi connectivity index (χ4v) is 4.41. The Labute approximate surface area is 178 Å². The SMILES string of the molecule is Cc1c(-c2onc(-c3c(F)cccc3Cl)c2COC2CC2)cnn1[C@H]1C[C@@](C)(O)C1. The number of hydrogen-bond acceptors (Lipinski definition) is 5. The number of aromatic nitrogens is 3. The average molecular weight is 432 g/mol. The van der Waals surface area contributed by atoms with E-state index in [1.165, 1.54) is 6.07 Å². The van der Waals surface area contributed by atoms with E-state index >= 15 is 0 Å². The lowest BCUT2D eigenvalue weighted by Gasteiger charge is -2.41. The first-order valence-electron chi connectivity index (χ1n) is 10.2. The normalized spacial score (nSPS) is 23.6. The second-order valence-electron chi connectivity index (χ2n) is 8.59.